The Morgan fingerprint density at radius 2 is 1.93 bits per heavy atom. The molecule has 1 saturated heterocycles. The van der Waals surface area contributed by atoms with E-state index in [1.165, 1.54) is 12.1 Å². The SMILES string of the molecule is Cc1cc(-c2nc3ccc(C(F)(F)F)nc3n2C2CCC3NNCC3C2)ccc1F. The maximum atomic E-state index is 13.8. The second-order valence-corrected chi connectivity index (χ2v) is 8.17. The summed E-state index contributed by atoms with van der Waals surface area (Å²) in [6.07, 6.45) is -2.02. The molecule has 0 bridgehead atoms. The highest BCUT2D eigenvalue weighted by molar-refractivity contribution is 5.78. The van der Waals surface area contributed by atoms with Gasteiger partial charge in [0.25, 0.3) is 0 Å². The van der Waals surface area contributed by atoms with E-state index in [0.29, 0.717) is 34.4 Å². The van der Waals surface area contributed by atoms with Crippen molar-refractivity contribution < 1.29 is 17.6 Å². The van der Waals surface area contributed by atoms with Crippen molar-refractivity contribution in [3.8, 4) is 11.4 Å². The van der Waals surface area contributed by atoms with E-state index in [1.807, 2.05) is 4.57 Å². The van der Waals surface area contributed by atoms with Gasteiger partial charge in [0.1, 0.15) is 22.9 Å². The number of nitrogens with zero attached hydrogens (tertiary/aromatic N) is 3. The Hall–Kier alpha value is -2.52. The van der Waals surface area contributed by atoms with Crippen molar-refractivity contribution in [3.63, 3.8) is 0 Å². The zero-order valence-corrected chi connectivity index (χ0v) is 16.3. The van der Waals surface area contributed by atoms with Gasteiger partial charge in [0.2, 0.25) is 0 Å². The summed E-state index contributed by atoms with van der Waals surface area (Å²) in [7, 11) is 0. The van der Waals surface area contributed by atoms with Crippen molar-refractivity contribution in [3.05, 3.63) is 47.4 Å². The summed E-state index contributed by atoms with van der Waals surface area (Å²) in [5.74, 6) is 0.583. The summed E-state index contributed by atoms with van der Waals surface area (Å²) in [6.45, 7) is 2.48. The van der Waals surface area contributed by atoms with Gasteiger partial charge >= 0.3 is 6.18 Å². The Labute approximate surface area is 170 Å². The van der Waals surface area contributed by atoms with E-state index in [4.69, 9.17) is 0 Å². The lowest BCUT2D eigenvalue weighted by Gasteiger charge is -2.32. The first-order valence-corrected chi connectivity index (χ1v) is 10.0. The van der Waals surface area contributed by atoms with Gasteiger partial charge in [-0.05, 0) is 68.0 Å². The van der Waals surface area contributed by atoms with Crippen molar-refractivity contribution in [1.82, 2.24) is 25.4 Å². The highest BCUT2D eigenvalue weighted by Crippen LogP contribution is 2.39. The van der Waals surface area contributed by atoms with E-state index in [9.17, 15) is 17.6 Å². The first-order chi connectivity index (χ1) is 14.3. The molecule has 3 atom stereocenters. The summed E-state index contributed by atoms with van der Waals surface area (Å²) in [6, 6.07) is 7.33. The number of hydrazine groups is 1. The second kappa shape index (κ2) is 7.02. The minimum Gasteiger partial charge on any atom is -0.306 e. The number of hydrogen-bond donors (Lipinski definition) is 2. The van der Waals surface area contributed by atoms with Gasteiger partial charge < -0.3 is 4.57 Å². The third-order valence-electron chi connectivity index (χ3n) is 6.22. The molecular formula is C21H21F4N5. The number of hydrogen-bond acceptors (Lipinski definition) is 4. The molecule has 2 N–H and O–H groups in total. The third kappa shape index (κ3) is 3.26. The molecular weight excluding hydrogens is 398 g/mol. The number of aromatic nitrogens is 3. The number of halogens is 4. The molecule has 3 heterocycles. The number of aryl methyl sites for hydroxylation is 1. The van der Waals surface area contributed by atoms with Gasteiger partial charge in [-0.3, -0.25) is 10.9 Å². The first-order valence-electron chi connectivity index (χ1n) is 10.0. The summed E-state index contributed by atoms with van der Waals surface area (Å²) in [5.41, 5.74) is 7.28. The predicted octanol–water partition coefficient (Wildman–Crippen LogP) is 4.38. The molecule has 2 aromatic heterocycles. The van der Waals surface area contributed by atoms with Crippen molar-refractivity contribution >= 4 is 11.2 Å². The van der Waals surface area contributed by atoms with Gasteiger partial charge in [-0.15, -0.1) is 0 Å². The Morgan fingerprint density at radius 3 is 2.70 bits per heavy atom. The molecule has 2 fully saturated rings. The Bertz CT molecular complexity index is 1110. The fourth-order valence-corrected chi connectivity index (χ4v) is 4.68. The predicted molar refractivity (Wildman–Crippen MR) is 104 cm³/mol. The van der Waals surface area contributed by atoms with Crippen LogP contribution in [0.2, 0.25) is 0 Å². The average Bonchev–Trinajstić information content (AvgIpc) is 3.32. The number of imidazole rings is 1. The van der Waals surface area contributed by atoms with Gasteiger partial charge in [-0.1, -0.05) is 0 Å². The highest BCUT2D eigenvalue weighted by Gasteiger charge is 2.37. The lowest BCUT2D eigenvalue weighted by atomic mass is 9.82. The lowest BCUT2D eigenvalue weighted by Crippen LogP contribution is -2.36. The monoisotopic (exact) mass is 419 g/mol. The van der Waals surface area contributed by atoms with Crippen molar-refractivity contribution in [1.29, 1.82) is 0 Å². The van der Waals surface area contributed by atoms with E-state index in [1.54, 1.807) is 19.1 Å². The van der Waals surface area contributed by atoms with Crippen molar-refractivity contribution in [2.24, 2.45) is 5.92 Å². The van der Waals surface area contributed by atoms with Crippen LogP contribution in [0.4, 0.5) is 17.6 Å². The molecule has 1 aliphatic carbocycles. The van der Waals surface area contributed by atoms with E-state index in [0.717, 1.165) is 31.9 Å². The molecule has 30 heavy (non-hydrogen) atoms. The Kier molecular flexibility index (Phi) is 4.55. The molecule has 1 aromatic carbocycles. The van der Waals surface area contributed by atoms with Crippen LogP contribution >= 0.6 is 0 Å². The largest absolute Gasteiger partial charge is 0.433 e. The summed E-state index contributed by atoms with van der Waals surface area (Å²) in [4.78, 5) is 8.58. The van der Waals surface area contributed by atoms with Crippen LogP contribution in [-0.2, 0) is 6.18 Å². The van der Waals surface area contributed by atoms with Crippen LogP contribution in [0, 0.1) is 18.7 Å². The number of pyridine rings is 1. The molecule has 3 unspecified atom stereocenters. The molecule has 1 aliphatic heterocycles. The number of fused-ring (bicyclic) bond motifs is 2. The second-order valence-electron chi connectivity index (χ2n) is 8.17. The quantitative estimate of drug-likeness (QED) is 0.606. The molecule has 5 rings (SSSR count). The fourth-order valence-electron chi connectivity index (χ4n) is 4.68. The topological polar surface area (TPSA) is 54.8 Å². The molecule has 1 saturated carbocycles. The smallest absolute Gasteiger partial charge is 0.306 e. The van der Waals surface area contributed by atoms with Crippen LogP contribution in [0.1, 0.15) is 36.6 Å². The number of alkyl halides is 3. The zero-order valence-electron chi connectivity index (χ0n) is 16.3. The van der Waals surface area contributed by atoms with Gasteiger partial charge in [0.15, 0.2) is 5.65 Å². The van der Waals surface area contributed by atoms with Crippen molar-refractivity contribution in [2.45, 2.75) is 44.4 Å². The van der Waals surface area contributed by atoms with Crippen LogP contribution in [0.25, 0.3) is 22.6 Å². The minimum atomic E-state index is -4.53. The van der Waals surface area contributed by atoms with Gasteiger partial charge in [-0.25, -0.2) is 14.4 Å². The van der Waals surface area contributed by atoms with Crippen LogP contribution in [0.5, 0.6) is 0 Å². The maximum absolute atomic E-state index is 13.8. The summed E-state index contributed by atoms with van der Waals surface area (Å²) >= 11 is 0. The van der Waals surface area contributed by atoms with E-state index >= 15 is 0 Å². The van der Waals surface area contributed by atoms with Crippen LogP contribution in [-0.4, -0.2) is 27.1 Å². The molecule has 5 nitrogen and oxygen atoms in total. The minimum absolute atomic E-state index is 0.0331. The van der Waals surface area contributed by atoms with E-state index in [-0.39, 0.29) is 17.5 Å². The molecule has 3 aromatic rings. The van der Waals surface area contributed by atoms with Crippen LogP contribution in [0.3, 0.4) is 0 Å². The Morgan fingerprint density at radius 1 is 1.10 bits per heavy atom. The summed E-state index contributed by atoms with van der Waals surface area (Å²) < 4.78 is 55.7. The van der Waals surface area contributed by atoms with Crippen LogP contribution in [0.15, 0.2) is 30.3 Å². The molecule has 2 aliphatic rings. The fraction of sp³-hybridized carbons (Fsp3) is 0.429. The lowest BCUT2D eigenvalue weighted by molar-refractivity contribution is -0.141. The number of nitrogens with one attached hydrogen (secondary N) is 2. The molecule has 0 radical (unpaired) electrons. The zero-order chi connectivity index (χ0) is 21.0. The molecule has 158 valence electrons. The maximum Gasteiger partial charge on any atom is 0.433 e. The highest BCUT2D eigenvalue weighted by atomic mass is 19.4. The first kappa shape index (κ1) is 19.4. The van der Waals surface area contributed by atoms with Crippen molar-refractivity contribution in [2.75, 3.05) is 6.54 Å². The van der Waals surface area contributed by atoms with E-state index < -0.39 is 11.9 Å². The third-order valence-corrected chi connectivity index (χ3v) is 6.22. The average molecular weight is 419 g/mol. The summed E-state index contributed by atoms with van der Waals surface area (Å²) in [5, 5.41) is 0. The number of benzene rings is 1. The molecule has 0 spiro atoms. The normalized spacial score (nSPS) is 24.4. The molecule has 9 heteroatoms. The van der Waals surface area contributed by atoms with Gasteiger partial charge in [0.05, 0.1) is 0 Å². The molecule has 0 amide bonds. The standard InChI is InChI=1S/C21H21F4N5/c1-11-8-12(2-4-15(11)22)19-27-17-6-7-18(21(23,24)25)28-20(17)30(19)14-3-5-16-13(9-14)10-26-29-16/h2,4,6-8,13-14,16,26,29H,3,5,9-10H2,1H3. The van der Waals surface area contributed by atoms with Gasteiger partial charge in [0, 0.05) is 24.2 Å². The Balaban J connectivity index is 1.68. The number of rotatable bonds is 2. The van der Waals surface area contributed by atoms with Gasteiger partial charge in [-0.2, -0.15) is 13.2 Å². The van der Waals surface area contributed by atoms with Crippen LogP contribution < -0.4 is 10.9 Å². The van der Waals surface area contributed by atoms with E-state index in [2.05, 4.69) is 20.8 Å².